The summed E-state index contributed by atoms with van der Waals surface area (Å²) in [5.41, 5.74) is 1.63. The zero-order valence-corrected chi connectivity index (χ0v) is 9.87. The lowest BCUT2D eigenvalue weighted by Crippen LogP contribution is -2.38. The van der Waals surface area contributed by atoms with Crippen LogP contribution in [-0.4, -0.2) is 31.2 Å². The molecule has 2 aliphatic rings. The Balaban J connectivity index is 1.99. The van der Waals surface area contributed by atoms with Crippen LogP contribution in [0.25, 0.3) is 0 Å². The first-order valence-electron chi connectivity index (χ1n) is 6.44. The SMILES string of the molecule is CCCC1CCCC=C1N1CCOCC1. The molecule has 1 aliphatic heterocycles. The largest absolute Gasteiger partial charge is 0.378 e. The Morgan fingerprint density at radius 1 is 1.40 bits per heavy atom. The van der Waals surface area contributed by atoms with E-state index in [1.54, 1.807) is 5.70 Å². The Bertz CT molecular complexity index is 219. The zero-order chi connectivity index (χ0) is 10.5. The van der Waals surface area contributed by atoms with Gasteiger partial charge in [-0.2, -0.15) is 0 Å². The molecule has 1 aliphatic carbocycles. The van der Waals surface area contributed by atoms with Crippen LogP contribution in [0.1, 0.15) is 39.0 Å². The number of hydrogen-bond acceptors (Lipinski definition) is 2. The van der Waals surface area contributed by atoms with Gasteiger partial charge in [0, 0.05) is 18.8 Å². The molecule has 86 valence electrons. The molecule has 0 saturated carbocycles. The second-order valence-corrected chi connectivity index (χ2v) is 4.64. The summed E-state index contributed by atoms with van der Waals surface area (Å²) in [5, 5.41) is 0. The van der Waals surface area contributed by atoms with Crippen molar-refractivity contribution in [2.24, 2.45) is 5.92 Å². The van der Waals surface area contributed by atoms with Gasteiger partial charge in [-0.15, -0.1) is 0 Å². The molecule has 1 unspecified atom stereocenters. The fourth-order valence-electron chi connectivity index (χ4n) is 2.78. The van der Waals surface area contributed by atoms with Crippen LogP contribution in [0.15, 0.2) is 11.8 Å². The van der Waals surface area contributed by atoms with Gasteiger partial charge in [0.1, 0.15) is 0 Å². The van der Waals surface area contributed by atoms with Crippen molar-refractivity contribution in [3.05, 3.63) is 11.8 Å². The predicted molar refractivity (Wildman–Crippen MR) is 62.7 cm³/mol. The summed E-state index contributed by atoms with van der Waals surface area (Å²) >= 11 is 0. The predicted octanol–water partition coefficient (Wildman–Crippen LogP) is 2.80. The van der Waals surface area contributed by atoms with E-state index in [-0.39, 0.29) is 0 Å². The monoisotopic (exact) mass is 209 g/mol. The lowest BCUT2D eigenvalue weighted by Gasteiger charge is -2.37. The highest BCUT2D eigenvalue weighted by Crippen LogP contribution is 2.31. The molecule has 0 aromatic rings. The first kappa shape index (κ1) is 11.0. The Labute approximate surface area is 93.3 Å². The molecule has 0 aromatic heterocycles. The fraction of sp³-hybridized carbons (Fsp3) is 0.846. The van der Waals surface area contributed by atoms with Crippen molar-refractivity contribution >= 4 is 0 Å². The molecule has 1 fully saturated rings. The molecule has 1 atom stereocenters. The molecule has 0 bridgehead atoms. The Morgan fingerprint density at radius 3 is 2.93 bits per heavy atom. The average molecular weight is 209 g/mol. The molecule has 15 heavy (non-hydrogen) atoms. The highest BCUT2D eigenvalue weighted by atomic mass is 16.5. The van der Waals surface area contributed by atoms with Crippen LogP contribution >= 0.6 is 0 Å². The van der Waals surface area contributed by atoms with Gasteiger partial charge >= 0.3 is 0 Å². The third-order valence-corrected chi connectivity index (χ3v) is 3.54. The highest BCUT2D eigenvalue weighted by molar-refractivity contribution is 5.09. The summed E-state index contributed by atoms with van der Waals surface area (Å²) in [6, 6.07) is 0. The standard InChI is InChI=1S/C13H23NO/c1-2-5-12-6-3-4-7-13(12)14-8-10-15-11-9-14/h7,12H,2-6,8-11H2,1H3. The first-order valence-corrected chi connectivity index (χ1v) is 6.44. The Morgan fingerprint density at radius 2 is 2.20 bits per heavy atom. The van der Waals surface area contributed by atoms with E-state index in [9.17, 15) is 0 Å². The van der Waals surface area contributed by atoms with Crippen molar-refractivity contribution in [1.82, 2.24) is 4.90 Å². The van der Waals surface area contributed by atoms with E-state index >= 15 is 0 Å². The van der Waals surface area contributed by atoms with Crippen LogP contribution in [0.2, 0.25) is 0 Å². The molecule has 1 saturated heterocycles. The van der Waals surface area contributed by atoms with E-state index in [4.69, 9.17) is 4.74 Å². The Kier molecular flexibility index (Phi) is 4.07. The number of hydrogen-bond donors (Lipinski definition) is 0. The number of nitrogens with zero attached hydrogens (tertiary/aromatic N) is 1. The van der Waals surface area contributed by atoms with E-state index in [1.807, 2.05) is 0 Å². The quantitative estimate of drug-likeness (QED) is 0.708. The van der Waals surface area contributed by atoms with Gasteiger partial charge in [-0.1, -0.05) is 19.4 Å². The summed E-state index contributed by atoms with van der Waals surface area (Å²) in [7, 11) is 0. The lowest BCUT2D eigenvalue weighted by atomic mass is 9.88. The molecule has 1 heterocycles. The summed E-state index contributed by atoms with van der Waals surface area (Å²) in [5.74, 6) is 0.835. The maximum absolute atomic E-state index is 5.42. The smallest absolute Gasteiger partial charge is 0.0642 e. The van der Waals surface area contributed by atoms with E-state index < -0.39 is 0 Å². The van der Waals surface area contributed by atoms with E-state index in [2.05, 4.69) is 17.9 Å². The third kappa shape index (κ3) is 2.75. The maximum atomic E-state index is 5.42. The third-order valence-electron chi connectivity index (χ3n) is 3.54. The van der Waals surface area contributed by atoms with Gasteiger partial charge < -0.3 is 9.64 Å². The van der Waals surface area contributed by atoms with Crippen LogP contribution in [0.4, 0.5) is 0 Å². The van der Waals surface area contributed by atoms with E-state index in [1.165, 1.54) is 32.1 Å². The topological polar surface area (TPSA) is 12.5 Å². The average Bonchev–Trinajstić information content (AvgIpc) is 2.31. The van der Waals surface area contributed by atoms with Gasteiger partial charge in [-0.3, -0.25) is 0 Å². The van der Waals surface area contributed by atoms with Crippen molar-refractivity contribution in [3.8, 4) is 0 Å². The summed E-state index contributed by atoms with van der Waals surface area (Å²) in [6.45, 7) is 6.33. The van der Waals surface area contributed by atoms with E-state index in [0.717, 1.165) is 32.2 Å². The number of rotatable bonds is 3. The minimum Gasteiger partial charge on any atom is -0.378 e. The molecule has 0 amide bonds. The molecule has 0 spiro atoms. The van der Waals surface area contributed by atoms with Crippen LogP contribution in [-0.2, 0) is 4.74 Å². The summed E-state index contributed by atoms with van der Waals surface area (Å²) in [4.78, 5) is 2.56. The van der Waals surface area contributed by atoms with Crippen LogP contribution in [0, 0.1) is 5.92 Å². The van der Waals surface area contributed by atoms with Gasteiger partial charge in [0.05, 0.1) is 13.2 Å². The maximum Gasteiger partial charge on any atom is 0.0642 e. The summed E-state index contributed by atoms with van der Waals surface area (Å²) < 4.78 is 5.42. The molecule has 0 N–H and O–H groups in total. The van der Waals surface area contributed by atoms with Crippen LogP contribution in [0.5, 0.6) is 0 Å². The first-order chi connectivity index (χ1) is 7.42. The molecule has 0 radical (unpaired) electrons. The van der Waals surface area contributed by atoms with Crippen molar-refractivity contribution < 1.29 is 4.74 Å². The number of morpholine rings is 1. The van der Waals surface area contributed by atoms with Gasteiger partial charge in [0.2, 0.25) is 0 Å². The van der Waals surface area contributed by atoms with Gasteiger partial charge in [0.15, 0.2) is 0 Å². The molecule has 2 nitrogen and oxygen atoms in total. The van der Waals surface area contributed by atoms with Crippen LogP contribution in [0.3, 0.4) is 0 Å². The van der Waals surface area contributed by atoms with Crippen molar-refractivity contribution in [2.75, 3.05) is 26.3 Å². The molecular weight excluding hydrogens is 186 g/mol. The molecular formula is C13H23NO. The minimum absolute atomic E-state index is 0.835. The normalized spacial score (nSPS) is 27.7. The van der Waals surface area contributed by atoms with Crippen LogP contribution < -0.4 is 0 Å². The number of allylic oxidation sites excluding steroid dienone is 2. The highest BCUT2D eigenvalue weighted by Gasteiger charge is 2.23. The fourth-order valence-corrected chi connectivity index (χ4v) is 2.78. The van der Waals surface area contributed by atoms with Gasteiger partial charge in [-0.05, 0) is 31.6 Å². The second-order valence-electron chi connectivity index (χ2n) is 4.64. The molecule has 0 aromatic carbocycles. The summed E-state index contributed by atoms with van der Waals surface area (Å²) in [6.07, 6.45) is 9.23. The van der Waals surface area contributed by atoms with Crippen molar-refractivity contribution in [2.45, 2.75) is 39.0 Å². The Hall–Kier alpha value is -0.500. The van der Waals surface area contributed by atoms with Crippen molar-refractivity contribution in [3.63, 3.8) is 0 Å². The van der Waals surface area contributed by atoms with E-state index in [0.29, 0.717) is 0 Å². The van der Waals surface area contributed by atoms with Gasteiger partial charge in [-0.25, -0.2) is 0 Å². The lowest BCUT2D eigenvalue weighted by molar-refractivity contribution is 0.0466. The number of ether oxygens (including phenoxy) is 1. The van der Waals surface area contributed by atoms with Crippen molar-refractivity contribution in [1.29, 1.82) is 0 Å². The molecule has 2 heteroatoms. The second kappa shape index (κ2) is 5.55. The zero-order valence-electron chi connectivity index (χ0n) is 9.87. The molecule has 2 rings (SSSR count). The minimum atomic E-state index is 0.835. The van der Waals surface area contributed by atoms with Gasteiger partial charge in [0.25, 0.3) is 0 Å².